The van der Waals surface area contributed by atoms with Gasteiger partial charge in [-0.2, -0.15) is 0 Å². The van der Waals surface area contributed by atoms with Gasteiger partial charge in [0.25, 0.3) is 0 Å². The number of hydrogen-bond acceptors (Lipinski definition) is 5. The minimum Gasteiger partial charge on any atom is -0.370 e. The Balaban J connectivity index is 1.54. The van der Waals surface area contributed by atoms with E-state index in [1.165, 1.54) is 4.90 Å². The molecule has 2 saturated carbocycles. The standard InChI is InChI=1S/C20H25N5O2S/c1-28-15-4-2-3-14(10-15)16-12-25(24-23-16)17-9-13-7-8-20(17,11-13)22-19(27)6-5-18(21)26/h2-4,10,12-13,17H,5-9,11H2,1H3,(H2,21,26)(H,22,27). The van der Waals surface area contributed by atoms with Crippen LogP contribution < -0.4 is 11.1 Å². The minimum atomic E-state index is -0.451. The van der Waals surface area contributed by atoms with Gasteiger partial charge >= 0.3 is 0 Å². The molecule has 2 aliphatic carbocycles. The molecule has 2 bridgehead atoms. The molecule has 2 aromatic rings. The summed E-state index contributed by atoms with van der Waals surface area (Å²) in [4.78, 5) is 24.6. The van der Waals surface area contributed by atoms with E-state index < -0.39 is 5.91 Å². The first-order valence-electron chi connectivity index (χ1n) is 9.65. The lowest BCUT2D eigenvalue weighted by molar-refractivity contribution is -0.126. The van der Waals surface area contributed by atoms with Gasteiger partial charge in [-0.3, -0.25) is 9.59 Å². The van der Waals surface area contributed by atoms with Crippen molar-refractivity contribution in [1.82, 2.24) is 20.3 Å². The van der Waals surface area contributed by atoms with Crippen molar-refractivity contribution in [2.75, 3.05) is 6.26 Å². The van der Waals surface area contributed by atoms with Crippen LogP contribution in [0.1, 0.15) is 44.6 Å². The Hall–Kier alpha value is -2.35. The molecule has 7 nitrogen and oxygen atoms in total. The lowest BCUT2D eigenvalue weighted by Gasteiger charge is -2.35. The van der Waals surface area contributed by atoms with Crippen molar-refractivity contribution < 1.29 is 9.59 Å². The fraction of sp³-hybridized carbons (Fsp3) is 0.500. The zero-order valence-electron chi connectivity index (χ0n) is 15.9. The Bertz CT molecular complexity index is 898. The predicted molar refractivity (Wildman–Crippen MR) is 108 cm³/mol. The third kappa shape index (κ3) is 3.65. The number of carbonyl (C=O) groups excluding carboxylic acids is 2. The summed E-state index contributed by atoms with van der Waals surface area (Å²) in [5.41, 5.74) is 6.76. The van der Waals surface area contributed by atoms with Gasteiger partial charge in [0.1, 0.15) is 5.69 Å². The van der Waals surface area contributed by atoms with Crippen LogP contribution >= 0.6 is 11.8 Å². The molecular weight excluding hydrogens is 374 g/mol. The summed E-state index contributed by atoms with van der Waals surface area (Å²) in [5.74, 6) is 0.0292. The third-order valence-corrected chi connectivity index (χ3v) is 6.75. The topological polar surface area (TPSA) is 103 Å². The monoisotopic (exact) mass is 399 g/mol. The smallest absolute Gasteiger partial charge is 0.221 e. The van der Waals surface area contributed by atoms with Crippen LogP contribution in [0.4, 0.5) is 0 Å². The lowest BCUT2D eigenvalue weighted by atomic mass is 9.88. The van der Waals surface area contributed by atoms with Crippen LogP contribution in [0, 0.1) is 5.92 Å². The first kappa shape index (κ1) is 19.0. The molecule has 2 fully saturated rings. The van der Waals surface area contributed by atoms with Gasteiger partial charge in [-0.1, -0.05) is 17.3 Å². The summed E-state index contributed by atoms with van der Waals surface area (Å²) >= 11 is 1.70. The Morgan fingerprint density at radius 1 is 1.39 bits per heavy atom. The molecule has 2 aliphatic rings. The predicted octanol–water partition coefficient (Wildman–Crippen LogP) is 2.53. The van der Waals surface area contributed by atoms with Crippen LogP contribution in [0.5, 0.6) is 0 Å². The van der Waals surface area contributed by atoms with Crippen molar-refractivity contribution in [2.45, 2.75) is 55.0 Å². The van der Waals surface area contributed by atoms with E-state index >= 15 is 0 Å². The Kier molecular flexibility index (Phi) is 5.14. The zero-order chi connectivity index (χ0) is 19.7. The SMILES string of the molecule is CSc1cccc(-c2cn(C3CC4CCC3(NC(=O)CCC(N)=O)C4)nn2)c1. The number of nitrogens with zero attached hydrogens (tertiary/aromatic N) is 3. The molecule has 1 heterocycles. The second-order valence-corrected chi connectivity index (χ2v) is 8.73. The van der Waals surface area contributed by atoms with E-state index in [9.17, 15) is 9.59 Å². The van der Waals surface area contributed by atoms with E-state index in [-0.39, 0.29) is 30.3 Å². The highest BCUT2D eigenvalue weighted by Crippen LogP contribution is 2.53. The van der Waals surface area contributed by atoms with E-state index in [4.69, 9.17) is 5.73 Å². The third-order valence-electron chi connectivity index (χ3n) is 6.03. The summed E-state index contributed by atoms with van der Waals surface area (Å²) in [6.45, 7) is 0. The molecule has 0 radical (unpaired) electrons. The summed E-state index contributed by atoms with van der Waals surface area (Å²) < 4.78 is 1.93. The van der Waals surface area contributed by atoms with Crippen LogP contribution in [0.3, 0.4) is 0 Å². The fourth-order valence-electron chi connectivity index (χ4n) is 4.70. The van der Waals surface area contributed by atoms with Gasteiger partial charge in [-0.15, -0.1) is 16.9 Å². The molecule has 2 amide bonds. The van der Waals surface area contributed by atoms with Crippen molar-refractivity contribution in [3.8, 4) is 11.3 Å². The average molecular weight is 400 g/mol. The van der Waals surface area contributed by atoms with Crippen molar-refractivity contribution >= 4 is 23.6 Å². The van der Waals surface area contributed by atoms with E-state index in [2.05, 4.69) is 34.0 Å². The first-order chi connectivity index (χ1) is 13.5. The van der Waals surface area contributed by atoms with E-state index in [1.807, 2.05) is 23.0 Å². The number of benzene rings is 1. The molecule has 4 rings (SSSR count). The quantitative estimate of drug-likeness (QED) is 0.697. The molecule has 1 aromatic heterocycles. The van der Waals surface area contributed by atoms with Crippen LogP contribution in [-0.2, 0) is 9.59 Å². The number of thioether (sulfide) groups is 1. The number of carbonyl (C=O) groups is 2. The van der Waals surface area contributed by atoms with Crippen LogP contribution in [0.2, 0.25) is 0 Å². The zero-order valence-corrected chi connectivity index (χ0v) is 16.7. The Labute approximate surface area is 168 Å². The maximum absolute atomic E-state index is 12.4. The molecule has 3 atom stereocenters. The largest absolute Gasteiger partial charge is 0.370 e. The molecule has 0 spiro atoms. The second-order valence-electron chi connectivity index (χ2n) is 7.85. The summed E-state index contributed by atoms with van der Waals surface area (Å²) in [5, 5.41) is 12.0. The summed E-state index contributed by atoms with van der Waals surface area (Å²) in [7, 11) is 0. The molecule has 3 N–H and O–H groups in total. The van der Waals surface area contributed by atoms with Crippen molar-refractivity contribution in [3.63, 3.8) is 0 Å². The Morgan fingerprint density at radius 3 is 3.00 bits per heavy atom. The molecule has 8 heteroatoms. The molecule has 1 aromatic carbocycles. The molecule has 0 saturated heterocycles. The highest BCUT2D eigenvalue weighted by Gasteiger charge is 2.54. The van der Waals surface area contributed by atoms with Gasteiger partial charge in [-0.05, 0) is 50.0 Å². The van der Waals surface area contributed by atoms with E-state index in [0.29, 0.717) is 5.92 Å². The number of primary amides is 1. The van der Waals surface area contributed by atoms with Crippen LogP contribution in [-0.4, -0.2) is 38.6 Å². The molecule has 3 unspecified atom stereocenters. The van der Waals surface area contributed by atoms with Gasteiger partial charge in [0.15, 0.2) is 0 Å². The lowest BCUT2D eigenvalue weighted by Crippen LogP contribution is -2.51. The number of amides is 2. The molecule has 148 valence electrons. The maximum Gasteiger partial charge on any atom is 0.221 e. The van der Waals surface area contributed by atoms with Gasteiger partial charge in [0.2, 0.25) is 11.8 Å². The highest BCUT2D eigenvalue weighted by molar-refractivity contribution is 7.98. The van der Waals surface area contributed by atoms with Crippen molar-refractivity contribution in [2.24, 2.45) is 11.7 Å². The van der Waals surface area contributed by atoms with Gasteiger partial charge < -0.3 is 11.1 Å². The van der Waals surface area contributed by atoms with Crippen molar-refractivity contribution in [1.29, 1.82) is 0 Å². The summed E-state index contributed by atoms with van der Waals surface area (Å²) in [6.07, 6.45) is 8.25. The number of nitrogens with two attached hydrogens (primary N) is 1. The van der Waals surface area contributed by atoms with Gasteiger partial charge in [-0.25, -0.2) is 4.68 Å². The number of aromatic nitrogens is 3. The number of rotatable bonds is 7. The normalized spacial score (nSPS) is 25.8. The van der Waals surface area contributed by atoms with Crippen LogP contribution in [0.25, 0.3) is 11.3 Å². The first-order valence-corrected chi connectivity index (χ1v) is 10.9. The van der Waals surface area contributed by atoms with Gasteiger partial charge in [0, 0.05) is 23.3 Å². The maximum atomic E-state index is 12.4. The van der Waals surface area contributed by atoms with E-state index in [1.54, 1.807) is 11.8 Å². The second kappa shape index (κ2) is 7.58. The molecule has 28 heavy (non-hydrogen) atoms. The van der Waals surface area contributed by atoms with E-state index in [0.717, 1.165) is 36.9 Å². The number of fused-ring (bicyclic) bond motifs is 2. The summed E-state index contributed by atoms with van der Waals surface area (Å²) in [6, 6.07) is 8.34. The molecule has 0 aliphatic heterocycles. The number of hydrogen-bond donors (Lipinski definition) is 2. The minimum absolute atomic E-state index is 0.0786. The van der Waals surface area contributed by atoms with Gasteiger partial charge in [0.05, 0.1) is 17.8 Å². The fourth-order valence-corrected chi connectivity index (χ4v) is 5.16. The van der Waals surface area contributed by atoms with Crippen LogP contribution in [0.15, 0.2) is 35.4 Å². The van der Waals surface area contributed by atoms with Crippen molar-refractivity contribution in [3.05, 3.63) is 30.5 Å². The number of nitrogens with one attached hydrogen (secondary N) is 1. The molecular formula is C20H25N5O2S. The average Bonchev–Trinajstić information content (AvgIpc) is 3.40. The Morgan fingerprint density at radius 2 is 2.25 bits per heavy atom. The highest BCUT2D eigenvalue weighted by atomic mass is 32.2.